The molecule has 3 fully saturated rings. The minimum Gasteiger partial charge on any atom is -0.467 e. The number of allylic oxidation sites excluding steroid dienone is 1. The van der Waals surface area contributed by atoms with Gasteiger partial charge in [0.15, 0.2) is 18.4 Å². The fraction of sp³-hybridized carbons (Fsp3) is 0.618. The Morgan fingerprint density at radius 3 is 2.42 bits per heavy atom. The predicted octanol–water partition coefficient (Wildman–Crippen LogP) is 4.17. The quantitative estimate of drug-likeness (QED) is 0.407. The van der Waals surface area contributed by atoms with Crippen molar-refractivity contribution in [1.29, 1.82) is 0 Å². The van der Waals surface area contributed by atoms with Gasteiger partial charge in [0.05, 0.1) is 13.5 Å². The Hall–Kier alpha value is -3.33. The van der Waals surface area contributed by atoms with Crippen molar-refractivity contribution in [3.05, 3.63) is 47.5 Å². The largest absolute Gasteiger partial charge is 0.467 e. The van der Waals surface area contributed by atoms with Gasteiger partial charge >= 0.3 is 11.9 Å². The molecule has 5 rings (SSSR count). The minimum absolute atomic E-state index is 0.00264. The van der Waals surface area contributed by atoms with E-state index in [9.17, 15) is 29.1 Å². The lowest BCUT2D eigenvalue weighted by molar-refractivity contribution is -0.170. The van der Waals surface area contributed by atoms with E-state index in [2.05, 4.69) is 12.2 Å². The zero-order valence-electron chi connectivity index (χ0n) is 25.4. The third kappa shape index (κ3) is 5.56. The second-order valence-corrected chi connectivity index (χ2v) is 13.3. The van der Waals surface area contributed by atoms with E-state index in [-0.39, 0.29) is 30.0 Å². The maximum absolute atomic E-state index is 13.5. The zero-order valence-corrected chi connectivity index (χ0v) is 25.4. The van der Waals surface area contributed by atoms with Gasteiger partial charge in [0, 0.05) is 18.3 Å². The number of rotatable bonds is 9. The van der Waals surface area contributed by atoms with Crippen LogP contribution in [0.2, 0.25) is 0 Å². The van der Waals surface area contributed by atoms with Crippen molar-refractivity contribution >= 4 is 29.4 Å². The Morgan fingerprint density at radius 1 is 0.977 bits per heavy atom. The first-order valence-corrected chi connectivity index (χ1v) is 15.5. The maximum Gasteiger partial charge on any atom is 0.333 e. The van der Waals surface area contributed by atoms with Gasteiger partial charge < -0.3 is 19.9 Å². The van der Waals surface area contributed by atoms with Crippen LogP contribution in [0, 0.1) is 28.6 Å². The summed E-state index contributed by atoms with van der Waals surface area (Å²) in [7, 11) is 1.23. The van der Waals surface area contributed by atoms with Gasteiger partial charge in [-0.3, -0.25) is 19.2 Å². The zero-order chi connectivity index (χ0) is 31.0. The van der Waals surface area contributed by atoms with Crippen molar-refractivity contribution in [3.63, 3.8) is 0 Å². The maximum atomic E-state index is 13.5. The van der Waals surface area contributed by atoms with Crippen LogP contribution in [0.4, 0.5) is 0 Å². The molecule has 9 heteroatoms. The lowest BCUT2D eigenvalue weighted by Crippen LogP contribution is -2.58. The molecule has 3 saturated carbocycles. The van der Waals surface area contributed by atoms with Crippen LogP contribution >= 0.6 is 0 Å². The summed E-state index contributed by atoms with van der Waals surface area (Å²) in [5, 5.41) is 14.4. The molecule has 0 heterocycles. The third-order valence-corrected chi connectivity index (χ3v) is 11.4. The number of hydrogen-bond acceptors (Lipinski definition) is 8. The number of amides is 1. The van der Waals surface area contributed by atoms with Crippen LogP contribution in [-0.4, -0.2) is 53.8 Å². The van der Waals surface area contributed by atoms with Gasteiger partial charge in [-0.1, -0.05) is 49.8 Å². The highest BCUT2D eigenvalue weighted by atomic mass is 16.5. The number of ketones is 2. The van der Waals surface area contributed by atoms with E-state index in [1.165, 1.54) is 12.7 Å². The van der Waals surface area contributed by atoms with Crippen molar-refractivity contribution in [2.24, 2.45) is 28.6 Å². The van der Waals surface area contributed by atoms with Crippen molar-refractivity contribution < 1.29 is 38.6 Å². The summed E-state index contributed by atoms with van der Waals surface area (Å²) in [6.45, 7) is 3.77. The molecule has 4 aliphatic carbocycles. The summed E-state index contributed by atoms with van der Waals surface area (Å²) in [5.41, 5.74) is -0.361. The Balaban J connectivity index is 1.16. The summed E-state index contributed by atoms with van der Waals surface area (Å²) in [5.74, 6) is -1.17. The second kappa shape index (κ2) is 12.0. The average Bonchev–Trinajstić information content (AvgIpc) is 3.29. The first kappa shape index (κ1) is 31.1. The molecule has 0 bridgehead atoms. The van der Waals surface area contributed by atoms with E-state index in [1.807, 2.05) is 13.0 Å². The number of esters is 2. The fourth-order valence-corrected chi connectivity index (χ4v) is 8.86. The van der Waals surface area contributed by atoms with Crippen LogP contribution in [-0.2, 0) is 33.4 Å². The van der Waals surface area contributed by atoms with E-state index in [0.717, 1.165) is 32.1 Å². The van der Waals surface area contributed by atoms with Gasteiger partial charge in [-0.2, -0.15) is 0 Å². The molecule has 0 aliphatic heterocycles. The van der Waals surface area contributed by atoms with Crippen molar-refractivity contribution in [3.8, 4) is 0 Å². The lowest BCUT2D eigenvalue weighted by atomic mass is 9.46. The molecule has 7 atom stereocenters. The average molecular weight is 594 g/mol. The molecule has 1 amide bonds. The molecule has 0 radical (unpaired) electrons. The molecule has 0 spiro atoms. The molecule has 9 nitrogen and oxygen atoms in total. The van der Waals surface area contributed by atoms with E-state index < -0.39 is 47.3 Å². The summed E-state index contributed by atoms with van der Waals surface area (Å²) < 4.78 is 10.1. The standard InChI is InChI=1S/C34H43NO8/c1-32-16-13-23(36)19-22(32)9-10-24-25(32)14-17-33(2)26(24)15-18-34(33,41)27(37)20-43-29(39)12-11-28(38)35-30(31(40)42-3)21-7-5-4-6-8-21/h4-8,19,24-26,30,41H,9-18,20H2,1-3H3,(H,35,38). The predicted molar refractivity (Wildman–Crippen MR) is 156 cm³/mol. The van der Waals surface area contributed by atoms with Gasteiger partial charge in [0.2, 0.25) is 11.7 Å². The molecular weight excluding hydrogens is 550 g/mol. The number of carbonyl (C=O) groups excluding carboxylic acids is 5. The van der Waals surface area contributed by atoms with Gasteiger partial charge in [-0.25, -0.2) is 4.79 Å². The number of Topliss-reactive ketones (excluding diaryl/α,β-unsaturated/α-hetero) is 1. The third-order valence-electron chi connectivity index (χ3n) is 11.4. The van der Waals surface area contributed by atoms with Crippen molar-refractivity contribution in [2.75, 3.05) is 13.7 Å². The summed E-state index contributed by atoms with van der Waals surface area (Å²) in [6.07, 6.45) is 7.33. The first-order valence-electron chi connectivity index (χ1n) is 15.5. The number of ether oxygens (including phenoxy) is 2. The highest BCUT2D eigenvalue weighted by Gasteiger charge is 2.66. The normalized spacial score (nSPS) is 33.6. The first-order chi connectivity index (χ1) is 20.4. The van der Waals surface area contributed by atoms with Gasteiger partial charge in [0.1, 0.15) is 5.60 Å². The number of benzene rings is 1. The summed E-state index contributed by atoms with van der Waals surface area (Å²) in [6, 6.07) is 7.63. The number of nitrogens with one attached hydrogen (secondary N) is 1. The van der Waals surface area contributed by atoms with E-state index in [1.54, 1.807) is 30.3 Å². The number of aliphatic hydroxyl groups is 1. The van der Waals surface area contributed by atoms with Crippen molar-refractivity contribution in [2.45, 2.75) is 89.7 Å². The van der Waals surface area contributed by atoms with Gasteiger partial charge in [-0.05, 0) is 79.8 Å². The Kier molecular flexibility index (Phi) is 8.67. The lowest BCUT2D eigenvalue weighted by Gasteiger charge is -2.58. The van der Waals surface area contributed by atoms with Crippen LogP contribution in [0.5, 0.6) is 0 Å². The van der Waals surface area contributed by atoms with Crippen LogP contribution in [0.3, 0.4) is 0 Å². The Labute approximate surface area is 252 Å². The molecule has 43 heavy (non-hydrogen) atoms. The SMILES string of the molecule is COC(=O)C(NC(=O)CCC(=O)OCC(=O)C1(O)CCC2C3CCC4=CC(=O)CCC4(C)C3CCC21C)c1ccccc1. The number of carbonyl (C=O) groups is 5. The minimum atomic E-state index is -1.58. The molecule has 2 N–H and O–H groups in total. The number of methoxy groups -OCH3 is 1. The van der Waals surface area contributed by atoms with Crippen LogP contribution in [0.15, 0.2) is 42.0 Å². The molecule has 0 aromatic heterocycles. The summed E-state index contributed by atoms with van der Waals surface area (Å²) >= 11 is 0. The molecule has 7 unspecified atom stereocenters. The van der Waals surface area contributed by atoms with Gasteiger partial charge in [-0.15, -0.1) is 0 Å². The topological polar surface area (TPSA) is 136 Å². The summed E-state index contributed by atoms with van der Waals surface area (Å²) in [4.78, 5) is 62.8. The van der Waals surface area contributed by atoms with Crippen LogP contribution in [0.1, 0.15) is 89.7 Å². The smallest absolute Gasteiger partial charge is 0.333 e. The van der Waals surface area contributed by atoms with E-state index >= 15 is 0 Å². The van der Waals surface area contributed by atoms with Crippen molar-refractivity contribution in [1.82, 2.24) is 5.32 Å². The monoisotopic (exact) mass is 593 g/mol. The van der Waals surface area contributed by atoms with Crippen LogP contribution < -0.4 is 5.32 Å². The Morgan fingerprint density at radius 2 is 1.70 bits per heavy atom. The number of hydrogen-bond donors (Lipinski definition) is 2. The number of fused-ring (bicyclic) bond motifs is 5. The highest BCUT2D eigenvalue weighted by molar-refractivity contribution is 5.92. The molecule has 4 aliphatic rings. The molecular formula is C34H43NO8. The molecule has 1 aromatic carbocycles. The molecule has 1 aromatic rings. The van der Waals surface area contributed by atoms with Crippen LogP contribution in [0.25, 0.3) is 0 Å². The highest BCUT2D eigenvalue weighted by Crippen LogP contribution is 2.67. The van der Waals surface area contributed by atoms with Gasteiger partial charge in [0.25, 0.3) is 0 Å². The molecule has 0 saturated heterocycles. The van der Waals surface area contributed by atoms with E-state index in [0.29, 0.717) is 36.7 Å². The second-order valence-electron chi connectivity index (χ2n) is 13.3. The van der Waals surface area contributed by atoms with E-state index in [4.69, 9.17) is 9.47 Å². The Bertz CT molecular complexity index is 1320. The fourth-order valence-electron chi connectivity index (χ4n) is 8.86. The molecule has 232 valence electrons.